The Labute approximate surface area is 183 Å². The fraction of sp³-hybridized carbons (Fsp3) is 0.500. The van der Waals surface area contributed by atoms with E-state index in [-0.39, 0.29) is 35.9 Å². The Morgan fingerprint density at radius 3 is 2.90 bits per heavy atom. The van der Waals surface area contributed by atoms with Crippen molar-refractivity contribution in [2.75, 3.05) is 0 Å². The first-order valence-electron chi connectivity index (χ1n) is 10.2. The Kier molecular flexibility index (Phi) is 5.86. The maximum Gasteiger partial charge on any atom is 0.279 e. The number of fused-ring (bicyclic) bond motifs is 1. The van der Waals surface area contributed by atoms with Crippen LogP contribution < -0.4 is 10.9 Å². The standard InChI is InChI=1S/C20H25N7O3S/c1-20(2,3)12-4-5-13-11(8-12)9-14(31-13)19(29)26-24-15(28)6-7-16-23-18(27-30-16)17-21-10-22-25-17/h9-10,12H,4-8H2,1-3H3,(H,24,28)(H,26,29)(H,21,22,25). The number of H-pyrrole nitrogens is 1. The molecule has 10 nitrogen and oxygen atoms in total. The molecule has 3 aromatic rings. The zero-order chi connectivity index (χ0) is 22.0. The van der Waals surface area contributed by atoms with E-state index in [1.807, 2.05) is 6.07 Å². The summed E-state index contributed by atoms with van der Waals surface area (Å²) in [7, 11) is 0. The van der Waals surface area contributed by atoms with E-state index in [2.05, 4.69) is 56.9 Å². The molecule has 3 aromatic heterocycles. The summed E-state index contributed by atoms with van der Waals surface area (Å²) < 4.78 is 5.10. The number of thiophene rings is 1. The van der Waals surface area contributed by atoms with Crippen molar-refractivity contribution in [3.8, 4) is 11.6 Å². The van der Waals surface area contributed by atoms with Crippen LogP contribution in [0.15, 0.2) is 16.9 Å². The quantitative estimate of drug-likeness (QED) is 0.515. The van der Waals surface area contributed by atoms with Gasteiger partial charge in [-0.1, -0.05) is 25.9 Å². The minimum atomic E-state index is -0.345. The molecule has 31 heavy (non-hydrogen) atoms. The molecular formula is C20H25N7O3S. The van der Waals surface area contributed by atoms with E-state index < -0.39 is 0 Å². The summed E-state index contributed by atoms with van der Waals surface area (Å²) in [6.07, 6.45) is 4.81. The van der Waals surface area contributed by atoms with Crippen LogP contribution in [0.5, 0.6) is 0 Å². The van der Waals surface area contributed by atoms with Gasteiger partial charge in [0.1, 0.15) is 6.33 Å². The monoisotopic (exact) mass is 443 g/mol. The zero-order valence-corrected chi connectivity index (χ0v) is 18.5. The molecule has 4 rings (SSSR count). The molecule has 1 atom stereocenters. The van der Waals surface area contributed by atoms with Crippen molar-refractivity contribution in [3.05, 3.63) is 33.6 Å². The van der Waals surface area contributed by atoms with E-state index in [0.29, 0.717) is 22.5 Å². The predicted octanol–water partition coefficient (Wildman–Crippen LogP) is 2.46. The van der Waals surface area contributed by atoms with Crippen LogP contribution in [0.4, 0.5) is 0 Å². The van der Waals surface area contributed by atoms with Crippen LogP contribution in [0.3, 0.4) is 0 Å². The van der Waals surface area contributed by atoms with Crippen LogP contribution >= 0.6 is 11.3 Å². The van der Waals surface area contributed by atoms with Crippen LogP contribution in [0.2, 0.25) is 0 Å². The number of aromatic nitrogens is 5. The summed E-state index contributed by atoms with van der Waals surface area (Å²) >= 11 is 1.51. The minimum Gasteiger partial charge on any atom is -0.339 e. The van der Waals surface area contributed by atoms with E-state index in [9.17, 15) is 9.59 Å². The maximum atomic E-state index is 12.5. The number of amides is 2. The molecule has 11 heteroatoms. The van der Waals surface area contributed by atoms with Crippen molar-refractivity contribution in [2.24, 2.45) is 11.3 Å². The molecular weight excluding hydrogens is 418 g/mol. The van der Waals surface area contributed by atoms with Crippen LogP contribution in [-0.4, -0.2) is 37.1 Å². The Morgan fingerprint density at radius 2 is 2.16 bits per heavy atom. The van der Waals surface area contributed by atoms with Crippen LogP contribution in [-0.2, 0) is 24.1 Å². The van der Waals surface area contributed by atoms with Crippen molar-refractivity contribution < 1.29 is 14.1 Å². The molecule has 0 bridgehead atoms. The van der Waals surface area contributed by atoms with E-state index in [1.54, 1.807) is 0 Å². The first-order valence-corrected chi connectivity index (χ1v) is 11.0. The normalized spacial score (nSPS) is 16.0. The van der Waals surface area contributed by atoms with E-state index >= 15 is 0 Å². The summed E-state index contributed by atoms with van der Waals surface area (Å²) in [4.78, 5) is 34.6. The van der Waals surface area contributed by atoms with E-state index in [0.717, 1.165) is 19.3 Å². The molecule has 0 saturated heterocycles. The van der Waals surface area contributed by atoms with Gasteiger partial charge in [-0.05, 0) is 42.2 Å². The number of hydrazine groups is 1. The topological polar surface area (TPSA) is 139 Å². The second-order valence-electron chi connectivity index (χ2n) is 8.71. The lowest BCUT2D eigenvalue weighted by Crippen LogP contribution is -2.41. The Balaban J connectivity index is 1.26. The number of carbonyl (C=O) groups excluding carboxylic acids is 2. The second kappa shape index (κ2) is 8.58. The molecule has 0 aliphatic heterocycles. The highest BCUT2D eigenvalue weighted by atomic mass is 32.1. The average molecular weight is 444 g/mol. The van der Waals surface area contributed by atoms with Gasteiger partial charge in [0.2, 0.25) is 17.6 Å². The zero-order valence-electron chi connectivity index (χ0n) is 17.7. The number of nitrogens with one attached hydrogen (secondary N) is 3. The summed E-state index contributed by atoms with van der Waals surface area (Å²) in [6.45, 7) is 6.80. The Morgan fingerprint density at radius 1 is 1.32 bits per heavy atom. The van der Waals surface area contributed by atoms with Crippen LogP contribution in [0.1, 0.15) is 59.6 Å². The summed E-state index contributed by atoms with van der Waals surface area (Å²) in [6, 6.07) is 1.96. The third kappa shape index (κ3) is 4.98. The number of aryl methyl sites for hydroxylation is 2. The molecule has 0 radical (unpaired) electrons. The molecule has 0 spiro atoms. The number of rotatable bonds is 5. The fourth-order valence-electron chi connectivity index (χ4n) is 3.61. The van der Waals surface area contributed by atoms with Gasteiger partial charge in [-0.3, -0.25) is 25.5 Å². The van der Waals surface area contributed by atoms with Gasteiger partial charge in [-0.2, -0.15) is 10.1 Å². The number of hydrogen-bond acceptors (Lipinski definition) is 8. The molecule has 1 aliphatic rings. The van der Waals surface area contributed by atoms with E-state index in [1.165, 1.54) is 28.1 Å². The number of aromatic amines is 1. The minimum absolute atomic E-state index is 0.0898. The highest BCUT2D eigenvalue weighted by Crippen LogP contribution is 2.40. The van der Waals surface area contributed by atoms with Crippen LogP contribution in [0.25, 0.3) is 11.6 Å². The van der Waals surface area contributed by atoms with Gasteiger partial charge in [0, 0.05) is 17.7 Å². The predicted molar refractivity (Wildman–Crippen MR) is 113 cm³/mol. The smallest absolute Gasteiger partial charge is 0.279 e. The third-order valence-electron chi connectivity index (χ3n) is 5.51. The first-order chi connectivity index (χ1) is 14.8. The molecule has 164 valence electrons. The molecule has 2 amide bonds. The Bertz CT molecular complexity index is 1070. The van der Waals surface area contributed by atoms with Gasteiger partial charge in [-0.15, -0.1) is 11.3 Å². The Hall–Kier alpha value is -3.08. The number of carbonyl (C=O) groups is 2. The highest BCUT2D eigenvalue weighted by Gasteiger charge is 2.30. The van der Waals surface area contributed by atoms with Gasteiger partial charge >= 0.3 is 0 Å². The lowest BCUT2D eigenvalue weighted by molar-refractivity contribution is -0.121. The molecule has 3 heterocycles. The summed E-state index contributed by atoms with van der Waals surface area (Å²) in [5.41, 5.74) is 6.45. The highest BCUT2D eigenvalue weighted by molar-refractivity contribution is 7.14. The van der Waals surface area contributed by atoms with Crippen molar-refractivity contribution in [1.29, 1.82) is 0 Å². The SMILES string of the molecule is CC(C)(C)C1CCc2sc(C(=O)NNC(=O)CCc3nc(-c4ncn[nH]4)no3)cc2C1. The van der Waals surface area contributed by atoms with Crippen molar-refractivity contribution in [2.45, 2.75) is 52.9 Å². The number of hydrogen-bond donors (Lipinski definition) is 3. The summed E-state index contributed by atoms with van der Waals surface area (Å²) in [5.74, 6) is 0.926. The van der Waals surface area contributed by atoms with Crippen molar-refractivity contribution >= 4 is 23.2 Å². The van der Waals surface area contributed by atoms with Gasteiger partial charge in [0.25, 0.3) is 5.91 Å². The molecule has 0 aromatic carbocycles. The largest absolute Gasteiger partial charge is 0.339 e. The van der Waals surface area contributed by atoms with Gasteiger partial charge < -0.3 is 4.52 Å². The molecule has 0 fully saturated rings. The molecule has 1 aliphatic carbocycles. The first kappa shape index (κ1) is 21.2. The molecule has 3 N–H and O–H groups in total. The van der Waals surface area contributed by atoms with Gasteiger partial charge in [0.05, 0.1) is 4.88 Å². The second-order valence-corrected chi connectivity index (χ2v) is 9.85. The molecule has 1 unspecified atom stereocenters. The third-order valence-corrected chi connectivity index (χ3v) is 6.74. The van der Waals surface area contributed by atoms with Crippen molar-refractivity contribution in [3.63, 3.8) is 0 Å². The van der Waals surface area contributed by atoms with E-state index in [4.69, 9.17) is 4.52 Å². The average Bonchev–Trinajstić information content (AvgIpc) is 3.48. The van der Waals surface area contributed by atoms with Crippen LogP contribution in [0, 0.1) is 11.3 Å². The summed E-state index contributed by atoms with van der Waals surface area (Å²) in [5, 5.41) is 10.1. The fourth-order valence-corrected chi connectivity index (χ4v) is 4.72. The van der Waals surface area contributed by atoms with Gasteiger partial charge in [-0.25, -0.2) is 4.98 Å². The van der Waals surface area contributed by atoms with Crippen molar-refractivity contribution in [1.82, 2.24) is 36.2 Å². The van der Waals surface area contributed by atoms with Gasteiger partial charge in [0.15, 0.2) is 5.82 Å². The lowest BCUT2D eigenvalue weighted by atomic mass is 9.72. The lowest BCUT2D eigenvalue weighted by Gasteiger charge is -2.33. The molecule has 0 saturated carbocycles. The maximum absolute atomic E-state index is 12.5. The number of nitrogens with zero attached hydrogens (tertiary/aromatic N) is 4.